The Morgan fingerprint density at radius 2 is 0.897 bits per heavy atom. The van der Waals surface area contributed by atoms with Gasteiger partial charge in [0.25, 0.3) is 0 Å². The number of para-hydroxylation sites is 2. The summed E-state index contributed by atoms with van der Waals surface area (Å²) in [6.45, 7) is 0. The molecule has 0 unspecified atom stereocenters. The molecule has 190 valence electrons. The van der Waals surface area contributed by atoms with Gasteiger partial charge in [-0.05, 0) is 97.1 Å². The molecular weight excluding hydrogens is 484 g/mol. The number of nitrogens with one attached hydrogen (secondary N) is 1. The minimum Gasteiger partial charge on any atom is -0.497 e. The van der Waals surface area contributed by atoms with Crippen LogP contribution in [0.1, 0.15) is 0 Å². The number of imidazole rings is 1. The van der Waals surface area contributed by atoms with Crippen LogP contribution < -0.4 is 14.2 Å². The van der Waals surface area contributed by atoms with Gasteiger partial charge in [-0.2, -0.15) is 0 Å². The van der Waals surface area contributed by atoms with Gasteiger partial charge >= 0.3 is 0 Å². The van der Waals surface area contributed by atoms with Crippen molar-refractivity contribution in [3.05, 3.63) is 133 Å². The first-order valence-corrected chi connectivity index (χ1v) is 12.7. The molecule has 5 nitrogen and oxygen atoms in total. The predicted octanol–water partition coefficient (Wildman–Crippen LogP) is 9.00. The summed E-state index contributed by atoms with van der Waals surface area (Å²) in [6.07, 6.45) is 0. The molecule has 0 bridgehead atoms. The number of hydrogen-bond acceptors (Lipinski definition) is 4. The first kappa shape index (κ1) is 24.1. The summed E-state index contributed by atoms with van der Waals surface area (Å²) in [5, 5.41) is 0. The Bertz CT molecular complexity index is 1540. The van der Waals surface area contributed by atoms with Crippen molar-refractivity contribution in [2.75, 3.05) is 7.11 Å². The van der Waals surface area contributed by atoms with Gasteiger partial charge < -0.3 is 19.2 Å². The molecule has 0 fully saturated rings. The molecular formula is C34H26N2O3. The third kappa shape index (κ3) is 5.53. The third-order valence-corrected chi connectivity index (χ3v) is 6.30. The molecule has 0 radical (unpaired) electrons. The number of benzene rings is 5. The number of aromatic nitrogens is 2. The number of ether oxygens (including phenoxy) is 3. The number of aromatic amines is 1. The number of nitrogens with zero attached hydrogens (tertiary/aromatic N) is 1. The number of methoxy groups -OCH3 is 1. The SMILES string of the molecule is COc1ccc(-c2nc(-c3ccc(Oc4ccccc4)cc3)c(-c3ccc(Oc4ccccc4)cc3)[nH]2)cc1. The van der Waals surface area contributed by atoms with E-state index < -0.39 is 0 Å². The molecule has 0 saturated heterocycles. The highest BCUT2D eigenvalue weighted by atomic mass is 16.5. The number of rotatable bonds is 8. The Morgan fingerprint density at radius 3 is 1.41 bits per heavy atom. The van der Waals surface area contributed by atoms with Gasteiger partial charge in [0.2, 0.25) is 0 Å². The van der Waals surface area contributed by atoms with Gasteiger partial charge in [-0.25, -0.2) is 4.98 Å². The van der Waals surface area contributed by atoms with E-state index in [1.54, 1.807) is 7.11 Å². The van der Waals surface area contributed by atoms with E-state index in [0.717, 1.165) is 62.7 Å². The quantitative estimate of drug-likeness (QED) is 0.222. The maximum absolute atomic E-state index is 5.99. The van der Waals surface area contributed by atoms with Crippen LogP contribution in [0.15, 0.2) is 133 Å². The molecule has 6 aromatic rings. The van der Waals surface area contributed by atoms with Gasteiger partial charge in [-0.3, -0.25) is 0 Å². The maximum atomic E-state index is 5.99. The maximum Gasteiger partial charge on any atom is 0.138 e. The molecule has 0 spiro atoms. The predicted molar refractivity (Wildman–Crippen MR) is 154 cm³/mol. The summed E-state index contributed by atoms with van der Waals surface area (Å²) in [5.74, 6) is 4.70. The van der Waals surface area contributed by atoms with Crippen molar-refractivity contribution in [3.8, 4) is 62.7 Å². The molecule has 1 N–H and O–H groups in total. The van der Waals surface area contributed by atoms with Crippen molar-refractivity contribution in [2.24, 2.45) is 0 Å². The van der Waals surface area contributed by atoms with Crippen LogP contribution in [-0.4, -0.2) is 17.1 Å². The monoisotopic (exact) mass is 510 g/mol. The van der Waals surface area contributed by atoms with Gasteiger partial charge in [0, 0.05) is 16.7 Å². The minimum atomic E-state index is 0.764. The smallest absolute Gasteiger partial charge is 0.138 e. The van der Waals surface area contributed by atoms with Crippen LogP contribution in [0, 0.1) is 0 Å². The fraction of sp³-hybridized carbons (Fsp3) is 0.0294. The largest absolute Gasteiger partial charge is 0.497 e. The molecule has 6 rings (SSSR count). The van der Waals surface area contributed by atoms with Crippen molar-refractivity contribution in [3.63, 3.8) is 0 Å². The first-order chi connectivity index (χ1) is 19.2. The summed E-state index contributed by atoms with van der Waals surface area (Å²) in [6, 6.07) is 43.4. The summed E-state index contributed by atoms with van der Waals surface area (Å²) in [5.41, 5.74) is 4.72. The highest BCUT2D eigenvalue weighted by Gasteiger charge is 2.16. The number of hydrogen-bond donors (Lipinski definition) is 1. The average molecular weight is 511 g/mol. The van der Waals surface area contributed by atoms with Gasteiger partial charge in [0.1, 0.15) is 34.6 Å². The Hall–Kier alpha value is -5.29. The summed E-state index contributed by atoms with van der Waals surface area (Å²) in [7, 11) is 1.66. The van der Waals surface area contributed by atoms with Gasteiger partial charge in [-0.15, -0.1) is 0 Å². The Kier molecular flexibility index (Phi) is 6.78. The molecule has 0 aliphatic carbocycles. The summed E-state index contributed by atoms with van der Waals surface area (Å²) in [4.78, 5) is 8.57. The zero-order chi connectivity index (χ0) is 26.4. The van der Waals surface area contributed by atoms with E-state index in [4.69, 9.17) is 19.2 Å². The van der Waals surface area contributed by atoms with Crippen molar-refractivity contribution >= 4 is 0 Å². The van der Waals surface area contributed by atoms with E-state index in [1.807, 2.05) is 133 Å². The minimum absolute atomic E-state index is 0.764. The molecule has 0 aliphatic rings. The Balaban J connectivity index is 1.34. The summed E-state index contributed by atoms with van der Waals surface area (Å²) < 4.78 is 17.3. The van der Waals surface area contributed by atoms with Crippen molar-refractivity contribution in [1.82, 2.24) is 9.97 Å². The molecule has 0 saturated carbocycles. The van der Waals surface area contributed by atoms with Crippen LogP contribution in [0.5, 0.6) is 28.7 Å². The normalized spacial score (nSPS) is 10.7. The second kappa shape index (κ2) is 11.0. The van der Waals surface area contributed by atoms with Gasteiger partial charge in [0.05, 0.1) is 18.5 Å². The second-order valence-electron chi connectivity index (χ2n) is 8.92. The van der Waals surface area contributed by atoms with E-state index in [2.05, 4.69) is 4.98 Å². The highest BCUT2D eigenvalue weighted by molar-refractivity contribution is 5.81. The van der Waals surface area contributed by atoms with E-state index in [-0.39, 0.29) is 0 Å². The van der Waals surface area contributed by atoms with Gasteiger partial charge in [-0.1, -0.05) is 36.4 Å². The van der Waals surface area contributed by atoms with E-state index in [0.29, 0.717) is 0 Å². The lowest BCUT2D eigenvalue weighted by atomic mass is 10.0. The molecule has 39 heavy (non-hydrogen) atoms. The van der Waals surface area contributed by atoms with Crippen molar-refractivity contribution in [2.45, 2.75) is 0 Å². The standard InChI is InChI=1S/C34H26N2O3/c1-37-27-18-16-26(17-19-27)34-35-32(24-12-20-30(21-13-24)38-28-8-4-2-5-9-28)33(36-34)25-14-22-31(23-15-25)39-29-10-6-3-7-11-29/h2-23H,1H3,(H,35,36). The lowest BCUT2D eigenvalue weighted by Gasteiger charge is -2.08. The van der Waals surface area contributed by atoms with E-state index in [9.17, 15) is 0 Å². The lowest BCUT2D eigenvalue weighted by molar-refractivity contribution is 0.415. The van der Waals surface area contributed by atoms with Crippen LogP contribution in [-0.2, 0) is 0 Å². The topological polar surface area (TPSA) is 56.4 Å². The molecule has 0 amide bonds. The highest BCUT2D eigenvalue weighted by Crippen LogP contribution is 2.36. The van der Waals surface area contributed by atoms with Crippen molar-refractivity contribution < 1.29 is 14.2 Å². The zero-order valence-electron chi connectivity index (χ0n) is 21.4. The molecule has 1 aromatic heterocycles. The van der Waals surface area contributed by atoms with Crippen LogP contribution in [0.25, 0.3) is 33.9 Å². The third-order valence-electron chi connectivity index (χ3n) is 6.30. The zero-order valence-corrected chi connectivity index (χ0v) is 21.4. The van der Waals surface area contributed by atoms with E-state index in [1.165, 1.54) is 0 Å². The van der Waals surface area contributed by atoms with Crippen LogP contribution in [0.4, 0.5) is 0 Å². The average Bonchev–Trinajstić information content (AvgIpc) is 3.45. The molecule has 0 aliphatic heterocycles. The fourth-order valence-electron chi connectivity index (χ4n) is 4.30. The van der Waals surface area contributed by atoms with Crippen LogP contribution >= 0.6 is 0 Å². The Morgan fingerprint density at radius 1 is 0.462 bits per heavy atom. The second-order valence-corrected chi connectivity index (χ2v) is 8.92. The molecule has 5 aromatic carbocycles. The fourth-order valence-corrected chi connectivity index (χ4v) is 4.30. The van der Waals surface area contributed by atoms with Crippen LogP contribution in [0.3, 0.4) is 0 Å². The Labute approximate surface area is 227 Å². The number of H-pyrrole nitrogens is 1. The molecule has 5 heteroatoms. The van der Waals surface area contributed by atoms with Crippen LogP contribution in [0.2, 0.25) is 0 Å². The van der Waals surface area contributed by atoms with Gasteiger partial charge in [0.15, 0.2) is 0 Å². The molecule has 0 atom stereocenters. The lowest BCUT2D eigenvalue weighted by Crippen LogP contribution is -1.87. The first-order valence-electron chi connectivity index (χ1n) is 12.7. The summed E-state index contributed by atoms with van der Waals surface area (Å²) >= 11 is 0. The van der Waals surface area contributed by atoms with E-state index >= 15 is 0 Å². The molecule has 1 heterocycles. The van der Waals surface area contributed by atoms with Crippen molar-refractivity contribution in [1.29, 1.82) is 0 Å².